The Morgan fingerprint density at radius 3 is 2.26 bits per heavy atom. The van der Waals surface area contributed by atoms with E-state index in [9.17, 15) is 28.7 Å². The molecule has 0 radical (unpaired) electrons. The van der Waals surface area contributed by atoms with Gasteiger partial charge in [0, 0.05) is 24.6 Å². The Morgan fingerprint density at radius 2 is 1.66 bits per heavy atom. The molecule has 2 aromatic rings. The molecular formula is C24H22Cl2FN3O5. The molecule has 184 valence electrons. The van der Waals surface area contributed by atoms with Crippen molar-refractivity contribution in [2.75, 3.05) is 13.1 Å². The second-order valence-electron chi connectivity index (χ2n) is 8.52. The molecule has 8 nitrogen and oxygen atoms in total. The highest BCUT2D eigenvalue weighted by atomic mass is 35.5. The summed E-state index contributed by atoms with van der Waals surface area (Å²) in [6.45, 7) is 0.260. The summed E-state index contributed by atoms with van der Waals surface area (Å²) in [5.74, 6) is -3.35. The van der Waals surface area contributed by atoms with Gasteiger partial charge in [-0.2, -0.15) is 0 Å². The van der Waals surface area contributed by atoms with E-state index in [1.165, 1.54) is 40.1 Å². The molecule has 0 aromatic heterocycles. The van der Waals surface area contributed by atoms with Crippen LogP contribution < -0.4 is 5.32 Å². The first-order chi connectivity index (χ1) is 16.7. The van der Waals surface area contributed by atoms with Crippen molar-refractivity contribution in [1.29, 1.82) is 0 Å². The standard InChI is InChI=1S/C24H22Cl2FN3O5/c25-17-8-5-15(11-18(17)26)24(35)30-10-9-29(23(34)14-1-2-14)22(30)21(33)28-19(12-20(31)32)13-3-6-16(27)7-4-13/h3-8,11,14,19,22H,1-2,9-10,12H2,(H,28,33)(H,31,32). The number of carbonyl (C=O) groups is 4. The van der Waals surface area contributed by atoms with Gasteiger partial charge in [0.2, 0.25) is 5.91 Å². The molecule has 1 aliphatic carbocycles. The molecule has 2 N–H and O–H groups in total. The summed E-state index contributed by atoms with van der Waals surface area (Å²) in [4.78, 5) is 53.8. The smallest absolute Gasteiger partial charge is 0.305 e. The van der Waals surface area contributed by atoms with Crippen LogP contribution in [0.15, 0.2) is 42.5 Å². The van der Waals surface area contributed by atoms with E-state index in [0.29, 0.717) is 18.4 Å². The molecule has 2 unspecified atom stereocenters. The van der Waals surface area contributed by atoms with Crippen LogP contribution in [0.2, 0.25) is 10.0 Å². The second-order valence-corrected chi connectivity index (χ2v) is 9.33. The summed E-state index contributed by atoms with van der Waals surface area (Å²) >= 11 is 12.0. The summed E-state index contributed by atoms with van der Waals surface area (Å²) in [7, 11) is 0. The molecule has 2 atom stereocenters. The first-order valence-corrected chi connectivity index (χ1v) is 11.8. The fraction of sp³-hybridized carbons (Fsp3) is 0.333. The monoisotopic (exact) mass is 521 g/mol. The Hall–Kier alpha value is -3.17. The first-order valence-electron chi connectivity index (χ1n) is 11.0. The number of nitrogens with one attached hydrogen (secondary N) is 1. The van der Waals surface area contributed by atoms with Gasteiger partial charge in [-0.05, 0) is 48.7 Å². The van der Waals surface area contributed by atoms with E-state index in [1.54, 1.807) is 0 Å². The van der Waals surface area contributed by atoms with Gasteiger partial charge in [-0.1, -0.05) is 35.3 Å². The minimum Gasteiger partial charge on any atom is -0.481 e. The molecule has 1 saturated heterocycles. The molecule has 0 spiro atoms. The number of hydrogen-bond donors (Lipinski definition) is 2. The van der Waals surface area contributed by atoms with Gasteiger partial charge >= 0.3 is 5.97 Å². The van der Waals surface area contributed by atoms with Gasteiger partial charge < -0.3 is 20.2 Å². The van der Waals surface area contributed by atoms with E-state index >= 15 is 0 Å². The van der Waals surface area contributed by atoms with Gasteiger partial charge in [-0.15, -0.1) is 0 Å². The Bertz CT molecular complexity index is 1170. The van der Waals surface area contributed by atoms with Gasteiger partial charge in [0.15, 0.2) is 6.17 Å². The van der Waals surface area contributed by atoms with Crippen molar-refractivity contribution in [1.82, 2.24) is 15.1 Å². The van der Waals surface area contributed by atoms with Crippen molar-refractivity contribution in [3.05, 3.63) is 69.5 Å². The summed E-state index contributed by atoms with van der Waals surface area (Å²) in [6.07, 6.45) is -0.327. The van der Waals surface area contributed by atoms with Crippen LogP contribution in [0, 0.1) is 11.7 Å². The molecule has 2 aromatic carbocycles. The number of carbonyl (C=O) groups excluding carboxylic acids is 3. The van der Waals surface area contributed by atoms with Gasteiger partial charge in [0.1, 0.15) is 5.82 Å². The maximum absolute atomic E-state index is 13.5. The van der Waals surface area contributed by atoms with Crippen LogP contribution in [0.1, 0.15) is 41.2 Å². The Labute approximate surface area is 210 Å². The van der Waals surface area contributed by atoms with Gasteiger partial charge in [-0.25, -0.2) is 4.39 Å². The van der Waals surface area contributed by atoms with Crippen molar-refractivity contribution < 1.29 is 28.7 Å². The molecular weight excluding hydrogens is 500 g/mol. The maximum Gasteiger partial charge on any atom is 0.305 e. The fourth-order valence-corrected chi connectivity index (χ4v) is 4.38. The molecule has 1 aliphatic heterocycles. The maximum atomic E-state index is 13.5. The summed E-state index contributed by atoms with van der Waals surface area (Å²) < 4.78 is 13.4. The Balaban J connectivity index is 1.63. The minimum absolute atomic E-state index is 0.107. The van der Waals surface area contributed by atoms with Crippen LogP contribution in [0.4, 0.5) is 4.39 Å². The quantitative estimate of drug-likeness (QED) is 0.579. The highest BCUT2D eigenvalue weighted by molar-refractivity contribution is 6.42. The summed E-state index contributed by atoms with van der Waals surface area (Å²) in [6, 6.07) is 8.41. The first kappa shape index (κ1) is 24.9. The lowest BCUT2D eigenvalue weighted by atomic mass is 10.0. The SMILES string of the molecule is O=C(O)CC(NC(=O)C1N(C(=O)c2ccc(Cl)c(Cl)c2)CCN1C(=O)C1CC1)c1ccc(F)cc1. The predicted octanol–water partition coefficient (Wildman–Crippen LogP) is 3.49. The molecule has 0 bridgehead atoms. The van der Waals surface area contributed by atoms with Crippen LogP contribution in [0.5, 0.6) is 0 Å². The van der Waals surface area contributed by atoms with Crippen molar-refractivity contribution in [3.8, 4) is 0 Å². The van der Waals surface area contributed by atoms with Crippen LogP contribution in [0.25, 0.3) is 0 Å². The molecule has 2 fully saturated rings. The van der Waals surface area contributed by atoms with E-state index in [4.69, 9.17) is 23.2 Å². The zero-order chi connectivity index (χ0) is 25.3. The van der Waals surface area contributed by atoms with E-state index < -0.39 is 42.2 Å². The topological polar surface area (TPSA) is 107 Å². The highest BCUT2D eigenvalue weighted by Gasteiger charge is 2.47. The number of carboxylic acid groups (broad SMARTS) is 1. The third-order valence-corrected chi connectivity index (χ3v) is 6.75. The number of rotatable bonds is 7. The number of nitrogens with zero attached hydrogens (tertiary/aromatic N) is 2. The third-order valence-electron chi connectivity index (χ3n) is 6.01. The molecule has 1 heterocycles. The van der Waals surface area contributed by atoms with Crippen LogP contribution >= 0.6 is 23.2 Å². The second kappa shape index (κ2) is 10.2. The lowest BCUT2D eigenvalue weighted by molar-refractivity contribution is -0.143. The van der Waals surface area contributed by atoms with Gasteiger partial charge in [0.25, 0.3) is 11.8 Å². The molecule has 2 aliphatic rings. The molecule has 3 amide bonds. The highest BCUT2D eigenvalue weighted by Crippen LogP contribution is 2.34. The van der Waals surface area contributed by atoms with E-state index in [1.807, 2.05) is 0 Å². The lowest BCUT2D eigenvalue weighted by Gasteiger charge is -2.31. The zero-order valence-electron chi connectivity index (χ0n) is 18.4. The van der Waals surface area contributed by atoms with Crippen molar-refractivity contribution in [2.24, 2.45) is 5.92 Å². The minimum atomic E-state index is -1.28. The lowest BCUT2D eigenvalue weighted by Crippen LogP contribution is -2.54. The number of amides is 3. The number of halogens is 3. The average molecular weight is 522 g/mol. The van der Waals surface area contributed by atoms with Crippen molar-refractivity contribution in [2.45, 2.75) is 31.5 Å². The summed E-state index contributed by atoms with van der Waals surface area (Å²) in [5, 5.41) is 12.4. The number of carboxylic acids is 1. The number of aliphatic carboxylic acids is 1. The van der Waals surface area contributed by atoms with E-state index in [0.717, 1.165) is 12.1 Å². The van der Waals surface area contributed by atoms with Crippen LogP contribution in [-0.2, 0) is 14.4 Å². The summed E-state index contributed by atoms with van der Waals surface area (Å²) in [5.41, 5.74) is 0.570. The fourth-order valence-electron chi connectivity index (χ4n) is 4.08. The Kier molecular flexibility index (Phi) is 7.28. The van der Waals surface area contributed by atoms with Crippen LogP contribution in [0.3, 0.4) is 0 Å². The van der Waals surface area contributed by atoms with Crippen molar-refractivity contribution >= 4 is 46.9 Å². The molecule has 11 heteroatoms. The number of benzene rings is 2. The normalized spacial score (nSPS) is 18.3. The van der Waals surface area contributed by atoms with Crippen molar-refractivity contribution in [3.63, 3.8) is 0 Å². The Morgan fingerprint density at radius 1 is 1.00 bits per heavy atom. The van der Waals surface area contributed by atoms with E-state index in [2.05, 4.69) is 5.32 Å². The zero-order valence-corrected chi connectivity index (χ0v) is 19.9. The largest absolute Gasteiger partial charge is 0.481 e. The average Bonchev–Trinajstić information content (AvgIpc) is 3.57. The van der Waals surface area contributed by atoms with Crippen LogP contribution in [-0.4, -0.2) is 57.9 Å². The predicted molar refractivity (Wildman–Crippen MR) is 125 cm³/mol. The third kappa shape index (κ3) is 5.57. The molecule has 35 heavy (non-hydrogen) atoms. The molecule has 4 rings (SSSR count). The van der Waals surface area contributed by atoms with Gasteiger partial charge in [0.05, 0.1) is 22.5 Å². The van der Waals surface area contributed by atoms with Gasteiger partial charge in [-0.3, -0.25) is 19.2 Å². The number of hydrogen-bond acceptors (Lipinski definition) is 4. The molecule has 1 saturated carbocycles. The van der Waals surface area contributed by atoms with E-state index in [-0.39, 0.29) is 40.5 Å².